The molecule has 1 saturated carbocycles. The molecule has 62 heavy (non-hydrogen) atoms. The fraction of sp³-hybridized carbons (Fsp3) is 0.451. The van der Waals surface area contributed by atoms with E-state index in [4.69, 9.17) is 23.7 Å². The normalized spacial score (nSPS) is 23.2. The molecular formula is C51H59NO10. The predicted octanol–water partition coefficient (Wildman–Crippen LogP) is 8.76. The molecule has 3 aliphatic heterocycles. The highest BCUT2D eigenvalue weighted by molar-refractivity contribution is 5.97. The van der Waals surface area contributed by atoms with Gasteiger partial charge >= 0.3 is 0 Å². The van der Waals surface area contributed by atoms with Gasteiger partial charge in [0.2, 0.25) is 0 Å². The van der Waals surface area contributed by atoms with Gasteiger partial charge in [-0.3, -0.25) is 0 Å². The Hall–Kier alpha value is -5.20. The Morgan fingerprint density at radius 2 is 1.61 bits per heavy atom. The lowest BCUT2D eigenvalue weighted by Gasteiger charge is -2.46. The Balaban J connectivity index is 1.15. The molecule has 0 spiro atoms. The van der Waals surface area contributed by atoms with Crippen molar-refractivity contribution in [1.82, 2.24) is 5.32 Å². The molecule has 0 radical (unpaired) electrons. The second-order valence-electron chi connectivity index (χ2n) is 17.6. The van der Waals surface area contributed by atoms with Gasteiger partial charge in [-0.2, -0.15) is 0 Å². The third-order valence-electron chi connectivity index (χ3n) is 13.7. The minimum atomic E-state index is -1.06. The van der Waals surface area contributed by atoms with Gasteiger partial charge in [-0.15, -0.1) is 0 Å². The highest BCUT2D eigenvalue weighted by Crippen LogP contribution is 2.57. The summed E-state index contributed by atoms with van der Waals surface area (Å²) >= 11 is 0. The van der Waals surface area contributed by atoms with E-state index in [9.17, 15) is 25.5 Å². The molecule has 0 unspecified atom stereocenters. The topological polar surface area (TPSA) is 159 Å². The zero-order valence-corrected chi connectivity index (χ0v) is 35.9. The average molecular weight is 846 g/mol. The Labute approximate surface area is 363 Å². The molecule has 3 heterocycles. The van der Waals surface area contributed by atoms with E-state index in [0.29, 0.717) is 79.6 Å². The van der Waals surface area contributed by atoms with Crippen molar-refractivity contribution in [3.8, 4) is 51.4 Å². The van der Waals surface area contributed by atoms with Gasteiger partial charge in [0.15, 0.2) is 0 Å². The summed E-state index contributed by atoms with van der Waals surface area (Å²) in [5, 5.41) is 62.9. The summed E-state index contributed by atoms with van der Waals surface area (Å²) in [6.07, 6.45) is 4.49. The predicted molar refractivity (Wildman–Crippen MR) is 237 cm³/mol. The van der Waals surface area contributed by atoms with Crippen molar-refractivity contribution in [2.45, 2.75) is 95.0 Å². The SMILES string of the molecule is CCc1cc(-c2cccc(O)c2)c(Cc2cc(OC3CCCC3)cc3c2OC[C@H]([C@H]2[C@H](CCCOC)Oc4c(c5c(c6cc(O)ccc46)OCC[C@H]5CNC)[C@@H]2O)[C@@H]3O)cc1O. The number of likely N-dealkylation sites (N-methyl/N-ethyl adjacent to an activating group) is 1. The lowest BCUT2D eigenvalue weighted by Crippen LogP contribution is -2.46. The van der Waals surface area contributed by atoms with E-state index in [1.807, 2.05) is 50.4 Å². The van der Waals surface area contributed by atoms with Gasteiger partial charge in [0, 0.05) is 77.5 Å². The Morgan fingerprint density at radius 1 is 0.790 bits per heavy atom. The van der Waals surface area contributed by atoms with E-state index in [1.165, 1.54) is 0 Å². The van der Waals surface area contributed by atoms with Crippen molar-refractivity contribution < 1.29 is 49.2 Å². The molecule has 0 bridgehead atoms. The number of ether oxygens (including phenoxy) is 5. The molecule has 1 fully saturated rings. The molecule has 0 aromatic heterocycles. The number of benzene rings is 5. The van der Waals surface area contributed by atoms with E-state index in [-0.39, 0.29) is 35.9 Å². The van der Waals surface area contributed by atoms with Gasteiger partial charge < -0.3 is 54.5 Å². The number of hydrogen-bond donors (Lipinski definition) is 6. The third kappa shape index (κ3) is 7.89. The summed E-state index contributed by atoms with van der Waals surface area (Å²) in [4.78, 5) is 0. The van der Waals surface area contributed by atoms with Crippen LogP contribution >= 0.6 is 0 Å². The lowest BCUT2D eigenvalue weighted by molar-refractivity contribution is -0.0889. The van der Waals surface area contributed by atoms with Crippen LogP contribution in [0, 0.1) is 11.8 Å². The molecule has 5 aromatic carbocycles. The van der Waals surface area contributed by atoms with Gasteiger partial charge in [-0.1, -0.05) is 19.1 Å². The molecule has 6 N–H and O–H groups in total. The summed E-state index contributed by atoms with van der Waals surface area (Å²) in [7, 11) is 3.58. The van der Waals surface area contributed by atoms with Crippen molar-refractivity contribution >= 4 is 10.8 Å². The van der Waals surface area contributed by atoms with Crippen LogP contribution in [0.3, 0.4) is 0 Å². The van der Waals surface area contributed by atoms with Crippen LogP contribution in [0.25, 0.3) is 21.9 Å². The number of phenolic OH excluding ortho intramolecular Hbond substituents is 3. The van der Waals surface area contributed by atoms with E-state index in [1.54, 1.807) is 37.4 Å². The van der Waals surface area contributed by atoms with Crippen LogP contribution in [0.5, 0.6) is 40.2 Å². The first-order valence-electron chi connectivity index (χ1n) is 22.4. The first kappa shape index (κ1) is 42.1. The van der Waals surface area contributed by atoms with Crippen LogP contribution in [0.15, 0.2) is 66.7 Å². The van der Waals surface area contributed by atoms with E-state index < -0.39 is 30.1 Å². The van der Waals surface area contributed by atoms with Gasteiger partial charge in [0.05, 0.1) is 31.5 Å². The number of aliphatic hydroxyl groups excluding tert-OH is 2. The number of aliphatic hydroxyl groups is 2. The average Bonchev–Trinajstić information content (AvgIpc) is 3.78. The lowest BCUT2D eigenvalue weighted by atomic mass is 9.70. The van der Waals surface area contributed by atoms with Crippen molar-refractivity contribution in [3.63, 3.8) is 0 Å². The molecule has 1 aliphatic carbocycles. The first-order valence-corrected chi connectivity index (χ1v) is 22.4. The zero-order chi connectivity index (χ0) is 43.1. The summed E-state index contributed by atoms with van der Waals surface area (Å²) < 4.78 is 32.5. The monoisotopic (exact) mass is 845 g/mol. The number of hydrogen-bond acceptors (Lipinski definition) is 11. The highest BCUT2D eigenvalue weighted by Gasteiger charge is 2.50. The van der Waals surface area contributed by atoms with E-state index in [0.717, 1.165) is 76.3 Å². The number of rotatable bonds is 13. The maximum absolute atomic E-state index is 13.0. The minimum absolute atomic E-state index is 0.00914. The standard InChI is InChI=1S/C51H59NO10/c1-4-28-22-38(29-9-7-10-33(53)20-29)31(23-42(28)55)19-32-21-36(61-35-11-5-6-12-35)25-40-47(56)41(27-60-49(32)40)45-43(13-8-17-58-3)62-51-37-15-14-34(54)24-39(37)50-44(46(51)48(45)57)30(26-52-2)16-18-59-50/h7,9-10,14-15,20-25,30,35,41,43,45,47-48,52-57H,4-6,8,11-13,16-19,26-27H2,1-3H3/t30-,41+,43-,45-,47+,48+/m0/s1. The molecule has 0 saturated heterocycles. The quantitative estimate of drug-likeness (QED) is 0.0630. The van der Waals surface area contributed by atoms with Crippen molar-refractivity contribution in [2.24, 2.45) is 11.8 Å². The molecule has 328 valence electrons. The van der Waals surface area contributed by atoms with E-state index in [2.05, 4.69) is 5.32 Å². The highest BCUT2D eigenvalue weighted by atomic mass is 16.5. The number of aryl methyl sites for hydroxylation is 1. The second kappa shape index (κ2) is 17.9. The van der Waals surface area contributed by atoms with Crippen LogP contribution in [0.1, 0.15) is 103 Å². The van der Waals surface area contributed by atoms with Gasteiger partial charge in [-0.05, 0) is 135 Å². The molecular weight excluding hydrogens is 787 g/mol. The van der Waals surface area contributed by atoms with Crippen LogP contribution in [0.2, 0.25) is 0 Å². The van der Waals surface area contributed by atoms with Crippen LogP contribution in [-0.2, 0) is 17.6 Å². The van der Waals surface area contributed by atoms with E-state index >= 15 is 0 Å². The number of methoxy groups -OCH3 is 1. The molecule has 9 rings (SSSR count). The molecule has 5 aromatic rings. The summed E-state index contributed by atoms with van der Waals surface area (Å²) in [5.74, 6) is 1.73. The van der Waals surface area contributed by atoms with Gasteiger partial charge in [0.1, 0.15) is 46.4 Å². The second-order valence-corrected chi connectivity index (χ2v) is 17.6. The number of aromatic hydroxyl groups is 3. The van der Waals surface area contributed by atoms with Gasteiger partial charge in [-0.25, -0.2) is 0 Å². The number of phenols is 3. The maximum Gasteiger partial charge on any atom is 0.133 e. The summed E-state index contributed by atoms with van der Waals surface area (Å²) in [5.41, 5.74) is 6.26. The Bertz CT molecular complexity index is 2430. The fourth-order valence-corrected chi connectivity index (χ4v) is 10.7. The van der Waals surface area contributed by atoms with Crippen molar-refractivity contribution in [1.29, 1.82) is 0 Å². The zero-order valence-electron chi connectivity index (χ0n) is 35.9. The van der Waals surface area contributed by atoms with Crippen LogP contribution in [0.4, 0.5) is 0 Å². The minimum Gasteiger partial charge on any atom is -0.508 e. The molecule has 6 atom stereocenters. The molecule has 0 amide bonds. The van der Waals surface area contributed by atoms with Gasteiger partial charge in [0.25, 0.3) is 0 Å². The fourth-order valence-electron chi connectivity index (χ4n) is 10.7. The Morgan fingerprint density at radius 3 is 2.39 bits per heavy atom. The third-order valence-corrected chi connectivity index (χ3v) is 13.7. The van der Waals surface area contributed by atoms with Crippen molar-refractivity contribution in [3.05, 3.63) is 100 Å². The number of fused-ring (bicyclic) bond motifs is 7. The first-order chi connectivity index (χ1) is 30.2. The molecule has 11 heteroatoms. The van der Waals surface area contributed by atoms with Crippen LogP contribution in [-0.4, -0.2) is 78.3 Å². The maximum atomic E-state index is 13.0. The Kier molecular flexibility index (Phi) is 12.1. The summed E-state index contributed by atoms with van der Waals surface area (Å²) in [6.45, 7) is 3.77. The summed E-state index contributed by atoms with van der Waals surface area (Å²) in [6, 6.07) is 20.0. The largest absolute Gasteiger partial charge is 0.508 e. The van der Waals surface area contributed by atoms with Crippen molar-refractivity contribution in [2.75, 3.05) is 40.5 Å². The van der Waals surface area contributed by atoms with Crippen LogP contribution < -0.4 is 24.3 Å². The molecule has 4 aliphatic rings. The smallest absolute Gasteiger partial charge is 0.133 e. The molecule has 11 nitrogen and oxygen atoms in total. The number of nitrogens with one attached hydrogen (secondary N) is 1.